The van der Waals surface area contributed by atoms with E-state index in [2.05, 4.69) is 24.4 Å². The number of carbonyl (C=O) groups excluding carboxylic acids is 2. The second kappa shape index (κ2) is 11.5. The van der Waals surface area contributed by atoms with Crippen LogP contribution in [-0.2, 0) is 9.59 Å². The van der Waals surface area contributed by atoms with Crippen LogP contribution in [0.25, 0.3) is 0 Å². The summed E-state index contributed by atoms with van der Waals surface area (Å²) in [5.74, 6) is 1.09. The van der Waals surface area contributed by atoms with E-state index in [1.54, 1.807) is 6.26 Å². The Morgan fingerprint density at radius 2 is 1.93 bits per heavy atom. The monoisotopic (exact) mass is 414 g/mol. The van der Waals surface area contributed by atoms with Crippen LogP contribution in [0, 0.1) is 0 Å². The Balaban J connectivity index is 1.45. The van der Waals surface area contributed by atoms with Gasteiger partial charge < -0.3 is 24.9 Å². The summed E-state index contributed by atoms with van der Waals surface area (Å²) >= 11 is 0. The van der Waals surface area contributed by atoms with E-state index in [1.165, 1.54) is 4.90 Å². The van der Waals surface area contributed by atoms with Gasteiger partial charge in [-0.15, -0.1) is 0 Å². The van der Waals surface area contributed by atoms with Crippen LogP contribution >= 0.6 is 0 Å². The lowest BCUT2D eigenvalue weighted by Crippen LogP contribution is -3.16. The van der Waals surface area contributed by atoms with Crippen molar-refractivity contribution in [2.75, 3.05) is 45.8 Å². The molecule has 7 heteroatoms. The Kier molecular flexibility index (Phi) is 8.47. The first kappa shape index (κ1) is 22.1. The number of nitrogens with zero attached hydrogens (tertiary/aromatic N) is 1. The average molecular weight is 415 g/mol. The van der Waals surface area contributed by atoms with E-state index in [-0.39, 0.29) is 17.9 Å². The summed E-state index contributed by atoms with van der Waals surface area (Å²) in [7, 11) is 0. The van der Waals surface area contributed by atoms with Crippen LogP contribution in [0.5, 0.6) is 0 Å². The third-order valence-corrected chi connectivity index (χ3v) is 5.62. The van der Waals surface area contributed by atoms with Gasteiger partial charge in [-0.1, -0.05) is 43.7 Å². The van der Waals surface area contributed by atoms with Gasteiger partial charge in [-0.2, -0.15) is 0 Å². The lowest BCUT2D eigenvalue weighted by molar-refractivity contribution is -0.896. The molecule has 1 aromatic carbocycles. The molecule has 7 nitrogen and oxygen atoms in total. The number of piperazine rings is 1. The highest BCUT2D eigenvalue weighted by Crippen LogP contribution is 2.18. The molecule has 1 aromatic heterocycles. The second-order valence-corrected chi connectivity index (χ2v) is 7.85. The Morgan fingerprint density at radius 3 is 2.60 bits per heavy atom. The van der Waals surface area contributed by atoms with E-state index in [0.717, 1.165) is 43.8 Å². The van der Waals surface area contributed by atoms with Gasteiger partial charge in [0, 0.05) is 12.1 Å². The minimum Gasteiger partial charge on any atom is -0.463 e. The summed E-state index contributed by atoms with van der Waals surface area (Å²) in [5.41, 5.74) is 1.11. The lowest BCUT2D eigenvalue weighted by Gasteiger charge is -2.31. The number of furan rings is 1. The second-order valence-electron chi connectivity index (χ2n) is 7.85. The molecule has 0 spiro atoms. The fourth-order valence-electron chi connectivity index (χ4n) is 3.84. The Hall–Kier alpha value is -2.64. The highest BCUT2D eigenvalue weighted by atomic mass is 16.3. The maximum atomic E-state index is 12.8. The first-order valence-electron chi connectivity index (χ1n) is 11.0. The Bertz CT molecular complexity index is 771. The first-order valence-corrected chi connectivity index (χ1v) is 11.0. The molecule has 162 valence electrons. The number of amides is 2. The molecule has 4 N–H and O–H groups in total. The number of nitrogens with two attached hydrogens (primary N) is 1. The van der Waals surface area contributed by atoms with Gasteiger partial charge in [0.15, 0.2) is 24.9 Å². The van der Waals surface area contributed by atoms with E-state index >= 15 is 0 Å². The SMILES string of the molecule is CCCCNC(=O)C[NH+]1CCN(C(=O)C[NH2+][C@H](c2ccccc2)c2ccco2)CC1. The van der Waals surface area contributed by atoms with Gasteiger partial charge in [0.1, 0.15) is 0 Å². The number of carbonyl (C=O) groups is 2. The van der Waals surface area contributed by atoms with Gasteiger partial charge in [0.05, 0.1) is 32.4 Å². The highest BCUT2D eigenvalue weighted by molar-refractivity contribution is 5.77. The van der Waals surface area contributed by atoms with Gasteiger partial charge in [0.25, 0.3) is 11.8 Å². The molecule has 0 saturated carbocycles. The molecular formula is C23H34N4O3+2. The van der Waals surface area contributed by atoms with Crippen molar-refractivity contribution in [1.29, 1.82) is 0 Å². The molecule has 0 bridgehead atoms. The summed E-state index contributed by atoms with van der Waals surface area (Å²) in [4.78, 5) is 27.9. The Labute approximate surface area is 178 Å². The van der Waals surface area contributed by atoms with Crippen molar-refractivity contribution < 1.29 is 24.2 Å². The molecule has 1 fully saturated rings. The molecule has 0 unspecified atom stereocenters. The van der Waals surface area contributed by atoms with E-state index < -0.39 is 0 Å². The van der Waals surface area contributed by atoms with Crippen molar-refractivity contribution in [3.63, 3.8) is 0 Å². The van der Waals surface area contributed by atoms with Crippen LogP contribution in [0.15, 0.2) is 53.1 Å². The average Bonchev–Trinajstić information content (AvgIpc) is 3.30. The fourth-order valence-corrected chi connectivity index (χ4v) is 3.84. The van der Waals surface area contributed by atoms with Crippen LogP contribution in [0.1, 0.15) is 37.1 Å². The van der Waals surface area contributed by atoms with Crippen molar-refractivity contribution in [3.8, 4) is 0 Å². The van der Waals surface area contributed by atoms with E-state index in [4.69, 9.17) is 4.42 Å². The molecule has 30 heavy (non-hydrogen) atoms. The molecule has 2 aromatic rings. The maximum Gasteiger partial charge on any atom is 0.278 e. The zero-order chi connectivity index (χ0) is 21.2. The van der Waals surface area contributed by atoms with Crippen molar-refractivity contribution in [3.05, 3.63) is 60.1 Å². The quantitative estimate of drug-likeness (QED) is 0.462. The lowest BCUT2D eigenvalue weighted by atomic mass is 10.0. The third-order valence-electron chi connectivity index (χ3n) is 5.62. The van der Waals surface area contributed by atoms with Crippen LogP contribution in [0.4, 0.5) is 0 Å². The van der Waals surface area contributed by atoms with Gasteiger partial charge in [-0.25, -0.2) is 0 Å². The molecule has 3 rings (SSSR count). The predicted octanol–water partition coefficient (Wildman–Crippen LogP) is -0.424. The van der Waals surface area contributed by atoms with Gasteiger partial charge >= 0.3 is 0 Å². The van der Waals surface area contributed by atoms with Crippen LogP contribution in [0.2, 0.25) is 0 Å². The molecule has 2 heterocycles. The topological polar surface area (TPSA) is 83.6 Å². The van der Waals surface area contributed by atoms with Crippen molar-refractivity contribution >= 4 is 11.8 Å². The smallest absolute Gasteiger partial charge is 0.278 e. The normalized spacial score (nSPS) is 15.7. The summed E-state index contributed by atoms with van der Waals surface area (Å²) in [6.07, 6.45) is 3.76. The minimum atomic E-state index is -0.0381. The van der Waals surface area contributed by atoms with Crippen molar-refractivity contribution in [2.45, 2.75) is 25.8 Å². The van der Waals surface area contributed by atoms with E-state index in [0.29, 0.717) is 26.2 Å². The van der Waals surface area contributed by atoms with E-state index in [1.807, 2.05) is 40.5 Å². The number of hydrogen-bond acceptors (Lipinski definition) is 3. The minimum absolute atomic E-state index is 0.0381. The summed E-state index contributed by atoms with van der Waals surface area (Å²) < 4.78 is 5.62. The molecule has 1 aliphatic heterocycles. The predicted molar refractivity (Wildman–Crippen MR) is 114 cm³/mol. The summed E-state index contributed by atoms with van der Waals surface area (Å²) in [5, 5.41) is 5.01. The van der Waals surface area contributed by atoms with Crippen molar-refractivity contribution in [1.82, 2.24) is 10.2 Å². The molecule has 0 aliphatic carbocycles. The number of hydrogen-bond donors (Lipinski definition) is 3. The zero-order valence-electron chi connectivity index (χ0n) is 17.8. The van der Waals surface area contributed by atoms with E-state index in [9.17, 15) is 9.59 Å². The van der Waals surface area contributed by atoms with Gasteiger partial charge in [-0.3, -0.25) is 9.59 Å². The molecular weight excluding hydrogens is 380 g/mol. The maximum absolute atomic E-state index is 12.8. The zero-order valence-corrected chi connectivity index (χ0v) is 17.8. The van der Waals surface area contributed by atoms with Gasteiger partial charge in [-0.05, 0) is 18.6 Å². The molecule has 2 amide bonds. The first-order chi connectivity index (χ1) is 14.7. The number of unbranched alkanes of at least 4 members (excludes halogenated alkanes) is 1. The summed E-state index contributed by atoms with van der Waals surface area (Å²) in [6, 6.07) is 13.9. The number of benzene rings is 1. The fraction of sp³-hybridized carbons (Fsp3) is 0.478. The highest BCUT2D eigenvalue weighted by Gasteiger charge is 2.28. The van der Waals surface area contributed by atoms with Crippen LogP contribution < -0.4 is 15.5 Å². The van der Waals surface area contributed by atoms with Crippen LogP contribution in [-0.4, -0.2) is 62.5 Å². The molecule has 1 saturated heterocycles. The number of nitrogens with one attached hydrogen (secondary N) is 2. The number of quaternary nitrogens is 2. The summed E-state index contributed by atoms with van der Waals surface area (Å²) in [6.45, 7) is 6.74. The molecule has 1 aliphatic rings. The molecule has 0 radical (unpaired) electrons. The Morgan fingerprint density at radius 1 is 1.17 bits per heavy atom. The van der Waals surface area contributed by atoms with Crippen LogP contribution in [0.3, 0.4) is 0 Å². The van der Waals surface area contributed by atoms with Gasteiger partial charge in [0.2, 0.25) is 0 Å². The third kappa shape index (κ3) is 6.43. The number of rotatable bonds is 10. The molecule has 1 atom stereocenters. The largest absolute Gasteiger partial charge is 0.463 e. The standard InChI is InChI=1S/C23H32N4O3/c1-2-3-11-24-21(28)18-26-12-14-27(15-13-26)22(29)17-25-23(20-10-7-16-30-20)19-8-5-4-6-9-19/h4-10,16,23,25H,2-3,11-15,17-18H2,1H3,(H,24,28)/p+2/t23-/m1/s1. The van der Waals surface area contributed by atoms with Crippen molar-refractivity contribution in [2.24, 2.45) is 0 Å².